The molecule has 0 aromatic carbocycles. The van der Waals surface area contributed by atoms with E-state index < -0.39 is 5.97 Å². The number of carboxylic acid groups (broad SMARTS) is 1. The molecule has 1 unspecified atom stereocenters. The molecule has 0 aromatic heterocycles. The van der Waals surface area contributed by atoms with Gasteiger partial charge in [-0.2, -0.15) is 0 Å². The van der Waals surface area contributed by atoms with Gasteiger partial charge in [0.05, 0.1) is 0 Å². The second-order valence-corrected chi connectivity index (χ2v) is 4.44. The summed E-state index contributed by atoms with van der Waals surface area (Å²) in [7, 11) is 1.47. The van der Waals surface area contributed by atoms with Crippen LogP contribution in [0.25, 0.3) is 0 Å². The van der Waals surface area contributed by atoms with Crippen LogP contribution in [-0.4, -0.2) is 54.9 Å². The molecule has 1 saturated heterocycles. The molecule has 17 heavy (non-hydrogen) atoms. The van der Waals surface area contributed by atoms with Crippen LogP contribution in [-0.2, 0) is 9.53 Å². The molecule has 1 aliphatic heterocycles. The van der Waals surface area contributed by atoms with Crippen molar-refractivity contribution in [1.29, 1.82) is 0 Å². The number of nitrogens with one attached hydrogen (secondary N) is 1. The van der Waals surface area contributed by atoms with E-state index in [1.54, 1.807) is 0 Å². The Morgan fingerprint density at radius 2 is 2.06 bits per heavy atom. The van der Waals surface area contributed by atoms with Crippen molar-refractivity contribution in [1.82, 2.24) is 10.2 Å². The van der Waals surface area contributed by atoms with Crippen molar-refractivity contribution in [3.8, 4) is 0 Å². The first kappa shape index (κ1) is 13.8. The van der Waals surface area contributed by atoms with E-state index >= 15 is 0 Å². The van der Waals surface area contributed by atoms with Gasteiger partial charge in [0.2, 0.25) is 0 Å². The fraction of sp³-hybridized carbons (Fsp3) is 0.818. The van der Waals surface area contributed by atoms with Crippen LogP contribution in [0.2, 0.25) is 0 Å². The number of hydrogen-bond acceptors (Lipinski definition) is 3. The summed E-state index contributed by atoms with van der Waals surface area (Å²) in [5, 5.41) is 11.4. The summed E-state index contributed by atoms with van der Waals surface area (Å²) in [6, 6.07) is -0.297. The lowest BCUT2D eigenvalue weighted by Gasteiger charge is -2.29. The number of nitrogens with zero attached hydrogens (tertiary/aromatic N) is 1. The molecule has 0 aliphatic carbocycles. The highest BCUT2D eigenvalue weighted by molar-refractivity contribution is 5.79. The van der Waals surface area contributed by atoms with Crippen molar-refractivity contribution >= 4 is 12.0 Å². The van der Waals surface area contributed by atoms with Crippen molar-refractivity contribution in [2.75, 3.05) is 26.8 Å². The lowest BCUT2D eigenvalue weighted by Crippen LogP contribution is -2.47. The van der Waals surface area contributed by atoms with E-state index in [2.05, 4.69) is 5.32 Å². The minimum Gasteiger partial charge on any atom is -0.480 e. The summed E-state index contributed by atoms with van der Waals surface area (Å²) in [5.41, 5.74) is 0. The average molecular weight is 244 g/mol. The number of ether oxygens (including phenoxy) is 1. The Morgan fingerprint density at radius 1 is 1.47 bits per heavy atom. The zero-order chi connectivity index (χ0) is 12.8. The van der Waals surface area contributed by atoms with Gasteiger partial charge >= 0.3 is 12.0 Å². The van der Waals surface area contributed by atoms with E-state index in [9.17, 15) is 9.59 Å². The van der Waals surface area contributed by atoms with Crippen LogP contribution in [0, 0.1) is 5.92 Å². The number of urea groups is 1. The van der Waals surface area contributed by atoms with Crippen molar-refractivity contribution in [3.05, 3.63) is 0 Å². The predicted molar refractivity (Wildman–Crippen MR) is 61.8 cm³/mol. The number of carbonyl (C=O) groups is 2. The molecule has 1 aliphatic rings. The van der Waals surface area contributed by atoms with Gasteiger partial charge in [-0.15, -0.1) is 0 Å². The SMILES string of the molecule is CC(NC(=O)N(C)CC(=O)O)C1CCOCC1. The lowest BCUT2D eigenvalue weighted by molar-refractivity contribution is -0.137. The topological polar surface area (TPSA) is 78.9 Å². The molecule has 6 nitrogen and oxygen atoms in total. The van der Waals surface area contributed by atoms with Crippen LogP contribution in [0.4, 0.5) is 4.79 Å². The number of amides is 2. The first-order valence-corrected chi connectivity index (χ1v) is 5.82. The minimum atomic E-state index is -1.01. The number of likely N-dealkylation sites (N-methyl/N-ethyl adjacent to an activating group) is 1. The van der Waals surface area contributed by atoms with Crippen molar-refractivity contribution in [3.63, 3.8) is 0 Å². The van der Waals surface area contributed by atoms with Gasteiger partial charge < -0.3 is 20.1 Å². The molecule has 1 heterocycles. The number of carbonyl (C=O) groups excluding carboxylic acids is 1. The highest BCUT2D eigenvalue weighted by Crippen LogP contribution is 2.18. The summed E-state index contributed by atoms with van der Waals surface area (Å²) >= 11 is 0. The third-order valence-corrected chi connectivity index (χ3v) is 3.04. The Hall–Kier alpha value is -1.30. The van der Waals surface area contributed by atoms with Crippen LogP contribution in [0.15, 0.2) is 0 Å². The van der Waals surface area contributed by atoms with Crippen molar-refractivity contribution < 1.29 is 19.4 Å². The average Bonchev–Trinajstić information content (AvgIpc) is 2.29. The Balaban J connectivity index is 2.36. The van der Waals surface area contributed by atoms with Crippen LogP contribution >= 0.6 is 0 Å². The van der Waals surface area contributed by atoms with Crippen LogP contribution in [0.1, 0.15) is 19.8 Å². The monoisotopic (exact) mass is 244 g/mol. The molecule has 2 amide bonds. The van der Waals surface area contributed by atoms with Crippen LogP contribution in [0.5, 0.6) is 0 Å². The maximum atomic E-state index is 11.7. The molecular weight excluding hydrogens is 224 g/mol. The standard InChI is InChI=1S/C11H20N2O4/c1-8(9-3-5-17-6-4-9)12-11(16)13(2)7-10(14)15/h8-9H,3-7H2,1-2H3,(H,12,16)(H,14,15). The Kier molecular flexibility index (Phi) is 5.21. The zero-order valence-electron chi connectivity index (χ0n) is 10.3. The van der Waals surface area contributed by atoms with E-state index in [4.69, 9.17) is 9.84 Å². The Labute approximate surface area is 101 Å². The number of aliphatic carboxylic acids is 1. The molecular formula is C11H20N2O4. The zero-order valence-corrected chi connectivity index (χ0v) is 10.3. The molecule has 0 saturated carbocycles. The maximum absolute atomic E-state index is 11.7. The predicted octanol–water partition coefficient (Wildman–Crippen LogP) is 0.527. The van der Waals surface area contributed by atoms with Gasteiger partial charge in [-0.25, -0.2) is 4.79 Å². The van der Waals surface area contributed by atoms with Gasteiger partial charge in [-0.1, -0.05) is 0 Å². The van der Waals surface area contributed by atoms with E-state index in [-0.39, 0.29) is 18.6 Å². The normalized spacial score (nSPS) is 18.5. The van der Waals surface area contributed by atoms with Gasteiger partial charge in [-0.05, 0) is 25.7 Å². The van der Waals surface area contributed by atoms with Crippen LogP contribution in [0.3, 0.4) is 0 Å². The van der Waals surface area contributed by atoms with E-state index in [0.717, 1.165) is 31.0 Å². The lowest BCUT2D eigenvalue weighted by atomic mass is 9.93. The summed E-state index contributed by atoms with van der Waals surface area (Å²) in [6.45, 7) is 3.13. The molecule has 6 heteroatoms. The molecule has 1 fully saturated rings. The van der Waals surface area contributed by atoms with Gasteiger partial charge in [0.25, 0.3) is 0 Å². The number of hydrogen-bond donors (Lipinski definition) is 2. The van der Waals surface area contributed by atoms with Crippen molar-refractivity contribution in [2.45, 2.75) is 25.8 Å². The quantitative estimate of drug-likeness (QED) is 0.756. The highest BCUT2D eigenvalue weighted by Gasteiger charge is 2.23. The third kappa shape index (κ3) is 4.60. The maximum Gasteiger partial charge on any atom is 0.323 e. The summed E-state index contributed by atoms with van der Waals surface area (Å²) in [4.78, 5) is 23.3. The van der Waals surface area contributed by atoms with Crippen LogP contribution < -0.4 is 5.32 Å². The second-order valence-electron chi connectivity index (χ2n) is 4.44. The largest absolute Gasteiger partial charge is 0.480 e. The van der Waals surface area contributed by atoms with E-state index in [0.29, 0.717) is 5.92 Å². The minimum absolute atomic E-state index is 0.0441. The van der Waals surface area contributed by atoms with Gasteiger partial charge in [0.1, 0.15) is 6.54 Å². The molecule has 1 rings (SSSR count). The van der Waals surface area contributed by atoms with Gasteiger partial charge in [-0.3, -0.25) is 4.79 Å². The Morgan fingerprint density at radius 3 is 2.59 bits per heavy atom. The number of rotatable bonds is 4. The molecule has 0 spiro atoms. The second kappa shape index (κ2) is 6.44. The molecule has 0 aromatic rings. The summed E-state index contributed by atoms with van der Waals surface area (Å²) in [6.07, 6.45) is 1.87. The first-order valence-electron chi connectivity index (χ1n) is 5.82. The molecule has 0 radical (unpaired) electrons. The summed E-state index contributed by atoms with van der Waals surface area (Å²) < 4.78 is 5.25. The Bertz CT molecular complexity index is 277. The molecule has 1 atom stereocenters. The fourth-order valence-corrected chi connectivity index (χ4v) is 1.91. The van der Waals surface area contributed by atoms with Gasteiger partial charge in [0, 0.05) is 26.3 Å². The van der Waals surface area contributed by atoms with E-state index in [1.165, 1.54) is 7.05 Å². The van der Waals surface area contributed by atoms with Gasteiger partial charge in [0.15, 0.2) is 0 Å². The molecule has 2 N–H and O–H groups in total. The molecule has 98 valence electrons. The third-order valence-electron chi connectivity index (χ3n) is 3.04. The summed E-state index contributed by atoms with van der Waals surface area (Å²) in [5.74, 6) is -0.604. The smallest absolute Gasteiger partial charge is 0.323 e. The number of carboxylic acids is 1. The fourth-order valence-electron chi connectivity index (χ4n) is 1.91. The van der Waals surface area contributed by atoms with E-state index in [1.807, 2.05) is 6.92 Å². The highest BCUT2D eigenvalue weighted by atomic mass is 16.5. The molecule has 0 bridgehead atoms. The van der Waals surface area contributed by atoms with Crippen molar-refractivity contribution in [2.24, 2.45) is 5.92 Å². The first-order chi connectivity index (χ1) is 8.00.